The number of guanidine groups is 1. The molecule has 0 aliphatic heterocycles. The number of halogens is 1. The second-order valence-electron chi connectivity index (χ2n) is 6.34. The molecule has 6 nitrogen and oxygen atoms in total. The third-order valence-corrected chi connectivity index (χ3v) is 4.32. The molecule has 0 spiro atoms. The molecule has 0 aromatic heterocycles. The number of carbonyl (C=O) groups excluding carboxylic acids is 1. The monoisotopic (exact) mass is 495 g/mol. The van der Waals surface area contributed by atoms with Crippen LogP contribution in [0.25, 0.3) is 0 Å². The van der Waals surface area contributed by atoms with E-state index < -0.39 is 5.91 Å². The number of primary amides is 1. The van der Waals surface area contributed by atoms with Gasteiger partial charge in [-0.1, -0.05) is 24.3 Å². The maximum Gasteiger partial charge on any atom is 0.248 e. The summed E-state index contributed by atoms with van der Waals surface area (Å²) in [5.74, 6) is 0.301. The number of aliphatic imine (C=N–C) groups is 1. The Balaban J connectivity index is 0.00000392. The van der Waals surface area contributed by atoms with Crippen LogP contribution in [-0.4, -0.2) is 38.5 Å². The van der Waals surface area contributed by atoms with Crippen LogP contribution in [0.15, 0.2) is 53.5 Å². The quantitative estimate of drug-likeness (QED) is 0.299. The van der Waals surface area contributed by atoms with Crippen LogP contribution in [0.1, 0.15) is 28.4 Å². The van der Waals surface area contributed by atoms with Crippen molar-refractivity contribution in [3.63, 3.8) is 0 Å². The van der Waals surface area contributed by atoms with Crippen molar-refractivity contribution in [1.29, 1.82) is 0 Å². The Bertz CT molecular complexity index is 794. The van der Waals surface area contributed by atoms with Gasteiger partial charge in [0, 0.05) is 44.5 Å². The van der Waals surface area contributed by atoms with Gasteiger partial charge < -0.3 is 21.3 Å². The van der Waals surface area contributed by atoms with Crippen LogP contribution in [0.5, 0.6) is 0 Å². The van der Waals surface area contributed by atoms with Crippen molar-refractivity contribution in [2.75, 3.05) is 31.6 Å². The van der Waals surface area contributed by atoms with Gasteiger partial charge in [0.15, 0.2) is 5.96 Å². The first kappa shape index (κ1) is 23.7. The Morgan fingerprint density at radius 3 is 2.54 bits per heavy atom. The van der Waals surface area contributed by atoms with Crippen LogP contribution in [0.3, 0.4) is 0 Å². The predicted octanol–water partition coefficient (Wildman–Crippen LogP) is 2.90. The number of likely N-dealkylation sites (N-methyl/N-ethyl adjacent to an activating group) is 1. The Morgan fingerprint density at radius 2 is 1.89 bits per heavy atom. The van der Waals surface area contributed by atoms with E-state index in [0.717, 1.165) is 31.2 Å². The highest BCUT2D eigenvalue weighted by Crippen LogP contribution is 2.14. The van der Waals surface area contributed by atoms with E-state index in [1.807, 2.05) is 12.1 Å². The number of carbonyl (C=O) groups is 1. The van der Waals surface area contributed by atoms with Crippen LogP contribution in [0.2, 0.25) is 0 Å². The van der Waals surface area contributed by atoms with Gasteiger partial charge in [-0.3, -0.25) is 9.79 Å². The van der Waals surface area contributed by atoms with Gasteiger partial charge in [-0.25, -0.2) is 0 Å². The molecule has 2 aromatic carbocycles. The van der Waals surface area contributed by atoms with Crippen molar-refractivity contribution < 1.29 is 4.79 Å². The summed E-state index contributed by atoms with van der Waals surface area (Å²) in [4.78, 5) is 17.9. The number of nitrogens with two attached hydrogens (primary N) is 1. The standard InChI is InChI=1S/C21H29N5O.HI/c1-4-26(19-10-5-7-16(2)13-19)12-11-24-21(23-3)25-15-17-8-6-9-18(14-17)20(22)27;/h5-10,13-14H,4,11-12,15H2,1-3H3,(H2,22,27)(H2,23,24,25);1H. The number of hydrogen-bond donors (Lipinski definition) is 3. The molecule has 0 atom stereocenters. The highest BCUT2D eigenvalue weighted by atomic mass is 127. The first-order chi connectivity index (χ1) is 13.0. The lowest BCUT2D eigenvalue weighted by Crippen LogP contribution is -2.41. The lowest BCUT2D eigenvalue weighted by atomic mass is 10.1. The van der Waals surface area contributed by atoms with Crippen molar-refractivity contribution in [2.24, 2.45) is 10.7 Å². The molecule has 0 saturated heterocycles. The fraction of sp³-hybridized carbons (Fsp3) is 0.333. The number of rotatable bonds is 8. The summed E-state index contributed by atoms with van der Waals surface area (Å²) in [5, 5.41) is 6.59. The molecule has 0 aliphatic rings. The fourth-order valence-corrected chi connectivity index (χ4v) is 2.84. The van der Waals surface area contributed by atoms with Gasteiger partial charge in [0.25, 0.3) is 0 Å². The summed E-state index contributed by atoms with van der Waals surface area (Å²) >= 11 is 0. The topological polar surface area (TPSA) is 82.8 Å². The molecule has 0 fully saturated rings. The summed E-state index contributed by atoms with van der Waals surface area (Å²) in [6, 6.07) is 15.8. The van der Waals surface area contributed by atoms with Crippen molar-refractivity contribution in [3.8, 4) is 0 Å². The number of nitrogens with one attached hydrogen (secondary N) is 2. The van der Waals surface area contributed by atoms with Crippen molar-refractivity contribution in [2.45, 2.75) is 20.4 Å². The molecule has 1 amide bonds. The van der Waals surface area contributed by atoms with E-state index in [9.17, 15) is 4.79 Å². The number of hydrogen-bond acceptors (Lipinski definition) is 3. The predicted molar refractivity (Wildman–Crippen MR) is 128 cm³/mol. The lowest BCUT2D eigenvalue weighted by molar-refractivity contribution is 0.1000. The molecule has 28 heavy (non-hydrogen) atoms. The van der Waals surface area contributed by atoms with Gasteiger partial charge in [0.2, 0.25) is 5.91 Å². The van der Waals surface area contributed by atoms with E-state index in [-0.39, 0.29) is 24.0 Å². The molecule has 0 saturated carbocycles. The molecule has 0 aliphatic carbocycles. The molecule has 0 unspecified atom stereocenters. The van der Waals surface area contributed by atoms with Crippen molar-refractivity contribution in [1.82, 2.24) is 10.6 Å². The minimum absolute atomic E-state index is 0. The van der Waals surface area contributed by atoms with Crippen LogP contribution >= 0.6 is 24.0 Å². The third-order valence-electron chi connectivity index (χ3n) is 4.32. The molecule has 152 valence electrons. The van der Waals surface area contributed by atoms with Crippen LogP contribution < -0.4 is 21.3 Å². The lowest BCUT2D eigenvalue weighted by Gasteiger charge is -2.24. The highest BCUT2D eigenvalue weighted by molar-refractivity contribution is 14.0. The summed E-state index contributed by atoms with van der Waals surface area (Å²) in [6.07, 6.45) is 0. The maximum atomic E-state index is 11.3. The number of amides is 1. The second kappa shape index (κ2) is 12.2. The molecule has 0 heterocycles. The number of anilines is 1. The first-order valence-electron chi connectivity index (χ1n) is 9.18. The van der Waals surface area contributed by atoms with E-state index in [2.05, 4.69) is 58.6 Å². The third kappa shape index (κ3) is 7.38. The van der Waals surface area contributed by atoms with Crippen molar-refractivity contribution in [3.05, 3.63) is 65.2 Å². The van der Waals surface area contributed by atoms with E-state index >= 15 is 0 Å². The highest BCUT2D eigenvalue weighted by Gasteiger charge is 2.06. The molecular weight excluding hydrogens is 465 g/mol. The Kier molecular flexibility index (Phi) is 10.4. The SMILES string of the molecule is CCN(CCNC(=NC)NCc1cccc(C(N)=O)c1)c1cccc(C)c1.I. The molecule has 0 radical (unpaired) electrons. The van der Waals surface area contributed by atoms with E-state index in [0.29, 0.717) is 12.1 Å². The van der Waals surface area contributed by atoms with Crippen LogP contribution in [0, 0.1) is 6.92 Å². The van der Waals surface area contributed by atoms with Crippen LogP contribution in [-0.2, 0) is 6.54 Å². The summed E-state index contributed by atoms with van der Waals surface area (Å²) < 4.78 is 0. The Labute approximate surface area is 184 Å². The molecular formula is C21H30IN5O. The van der Waals surface area contributed by atoms with Gasteiger partial charge in [-0.05, 0) is 49.2 Å². The number of nitrogens with zero attached hydrogens (tertiary/aromatic N) is 2. The second-order valence-corrected chi connectivity index (χ2v) is 6.34. The van der Waals surface area contributed by atoms with Gasteiger partial charge in [0.1, 0.15) is 0 Å². The zero-order valence-electron chi connectivity index (χ0n) is 16.7. The Morgan fingerprint density at radius 1 is 1.14 bits per heavy atom. The average Bonchev–Trinajstić information content (AvgIpc) is 2.67. The smallest absolute Gasteiger partial charge is 0.248 e. The van der Waals surface area contributed by atoms with E-state index in [1.54, 1.807) is 19.2 Å². The largest absolute Gasteiger partial charge is 0.370 e. The summed E-state index contributed by atoms with van der Waals surface area (Å²) in [7, 11) is 1.74. The minimum atomic E-state index is -0.421. The number of benzene rings is 2. The summed E-state index contributed by atoms with van der Waals surface area (Å²) in [6.45, 7) is 7.41. The molecule has 0 bridgehead atoms. The van der Waals surface area contributed by atoms with Gasteiger partial charge in [-0.15, -0.1) is 24.0 Å². The van der Waals surface area contributed by atoms with E-state index in [1.165, 1.54) is 11.3 Å². The molecule has 2 rings (SSSR count). The summed E-state index contributed by atoms with van der Waals surface area (Å²) in [5.41, 5.74) is 9.30. The first-order valence-corrected chi connectivity index (χ1v) is 9.18. The van der Waals surface area contributed by atoms with Gasteiger partial charge >= 0.3 is 0 Å². The van der Waals surface area contributed by atoms with Crippen molar-refractivity contribution >= 4 is 41.5 Å². The zero-order valence-corrected chi connectivity index (χ0v) is 19.1. The molecule has 4 N–H and O–H groups in total. The van der Waals surface area contributed by atoms with E-state index in [4.69, 9.17) is 5.73 Å². The molecule has 2 aromatic rings. The normalized spacial score (nSPS) is 10.8. The average molecular weight is 495 g/mol. The fourth-order valence-electron chi connectivity index (χ4n) is 2.84. The van der Waals surface area contributed by atoms with Gasteiger partial charge in [0.05, 0.1) is 0 Å². The Hall–Kier alpha value is -2.29. The molecule has 7 heteroatoms. The van der Waals surface area contributed by atoms with Crippen LogP contribution in [0.4, 0.5) is 5.69 Å². The van der Waals surface area contributed by atoms with Gasteiger partial charge in [-0.2, -0.15) is 0 Å². The minimum Gasteiger partial charge on any atom is -0.370 e. The maximum absolute atomic E-state index is 11.3. The number of aryl methyl sites for hydroxylation is 1. The zero-order chi connectivity index (χ0) is 19.6.